The Bertz CT molecular complexity index is 127. The highest BCUT2D eigenvalue weighted by Gasteiger charge is 2.34. The lowest BCUT2D eigenvalue weighted by atomic mass is 10.8. The molecule has 0 heterocycles. The second-order valence-corrected chi connectivity index (χ2v) is 11.9. The van der Waals surface area contributed by atoms with E-state index < -0.39 is 16.4 Å². The normalized spacial score (nSPS) is 12.6. The van der Waals surface area contributed by atoms with Gasteiger partial charge >= 0.3 is 8.08 Å². The van der Waals surface area contributed by atoms with E-state index in [2.05, 4.69) is 6.58 Å². The Hall–Kier alpha value is 0.384. The molecule has 5 heteroatoms. The van der Waals surface area contributed by atoms with Gasteiger partial charge in [-0.25, -0.2) is 0 Å². The minimum absolute atomic E-state index is 0.694. The Balaban J connectivity index is 4.15. The van der Waals surface area contributed by atoms with E-state index in [0.717, 1.165) is 6.04 Å². The third-order valence-electron chi connectivity index (χ3n) is 1.47. The Morgan fingerprint density at radius 3 is 2.17 bits per heavy atom. The van der Waals surface area contributed by atoms with Crippen LogP contribution < -0.4 is 0 Å². The highest BCUT2D eigenvalue weighted by atomic mass is 35.6. The molecule has 12 heavy (non-hydrogen) atoms. The summed E-state index contributed by atoms with van der Waals surface area (Å²) < 4.78 is 11.3. The van der Waals surface area contributed by atoms with E-state index in [-0.39, 0.29) is 0 Å². The van der Waals surface area contributed by atoms with Crippen LogP contribution in [0.15, 0.2) is 12.7 Å². The average Bonchev–Trinajstić information content (AvgIpc) is 2.06. The summed E-state index contributed by atoms with van der Waals surface area (Å²) >= 11 is 5.96. The average molecular weight is 225 g/mol. The molecule has 0 saturated carbocycles. The first kappa shape index (κ1) is 12.4. The van der Waals surface area contributed by atoms with E-state index in [0.29, 0.717) is 13.2 Å². The molecule has 2 nitrogen and oxygen atoms in total. The van der Waals surface area contributed by atoms with Gasteiger partial charge in [-0.3, -0.25) is 0 Å². The fourth-order valence-electron chi connectivity index (χ4n) is 1.04. The van der Waals surface area contributed by atoms with Gasteiger partial charge in [0.15, 0.2) is 8.35 Å². The molecule has 0 aromatic rings. The van der Waals surface area contributed by atoms with Crippen molar-refractivity contribution < 1.29 is 8.85 Å². The van der Waals surface area contributed by atoms with Gasteiger partial charge in [0, 0.05) is 19.3 Å². The first-order chi connectivity index (χ1) is 5.74. The van der Waals surface area contributed by atoms with Crippen molar-refractivity contribution in [3.63, 3.8) is 0 Å². The molecule has 72 valence electrons. The molecule has 0 aromatic heterocycles. The molecule has 0 aliphatic heterocycles. The molecule has 0 N–H and O–H groups in total. The quantitative estimate of drug-likeness (QED) is 0.371. The molecule has 0 fully saturated rings. The fraction of sp³-hybridized carbons (Fsp3) is 0.714. The smallest absolute Gasteiger partial charge is 0.331 e. The van der Waals surface area contributed by atoms with Gasteiger partial charge in [-0.05, 0) is 13.8 Å². The van der Waals surface area contributed by atoms with Gasteiger partial charge in [0.1, 0.15) is 0 Å². The lowest BCUT2D eigenvalue weighted by Gasteiger charge is -2.26. The van der Waals surface area contributed by atoms with Crippen molar-refractivity contribution >= 4 is 27.5 Å². The summed E-state index contributed by atoms with van der Waals surface area (Å²) in [5.74, 6) is 0. The highest BCUT2D eigenvalue weighted by molar-refractivity contribution is 7.37. The SMILES string of the molecule is C=CC[Si](OCC)(OCC)[SiH2]Cl. The largest absolute Gasteiger partial charge is 0.396 e. The van der Waals surface area contributed by atoms with Crippen molar-refractivity contribution in [3.8, 4) is 0 Å². The maximum atomic E-state index is 5.96. The summed E-state index contributed by atoms with van der Waals surface area (Å²) in [6, 6.07) is 0.824. The van der Waals surface area contributed by atoms with E-state index >= 15 is 0 Å². The maximum absolute atomic E-state index is 5.96. The summed E-state index contributed by atoms with van der Waals surface area (Å²) in [7, 11) is -2.70. The van der Waals surface area contributed by atoms with Crippen molar-refractivity contribution in [1.82, 2.24) is 0 Å². The van der Waals surface area contributed by atoms with Gasteiger partial charge in [0.2, 0.25) is 0 Å². The molecule has 0 amide bonds. The van der Waals surface area contributed by atoms with Crippen molar-refractivity contribution in [3.05, 3.63) is 12.7 Å². The monoisotopic (exact) mass is 224 g/mol. The Morgan fingerprint density at radius 2 is 1.92 bits per heavy atom. The van der Waals surface area contributed by atoms with Crippen LogP contribution in [0, 0.1) is 0 Å². The predicted octanol–water partition coefficient (Wildman–Crippen LogP) is 1.51. The molecule has 0 aromatic carbocycles. The minimum Gasteiger partial charge on any atom is -0.396 e. The van der Waals surface area contributed by atoms with E-state index in [1.165, 1.54) is 0 Å². The summed E-state index contributed by atoms with van der Waals surface area (Å²) in [6.07, 6.45) is 1.85. The first-order valence-electron chi connectivity index (χ1n) is 4.19. The molecule has 0 aliphatic rings. The standard InChI is InChI=1S/C7H17ClO2Si2/c1-4-7-12(11-8,9-5-2)10-6-3/h4H,1,5-7,11H2,2-3H3. The van der Waals surface area contributed by atoms with Crippen molar-refractivity contribution in [1.29, 1.82) is 0 Å². The zero-order chi connectivity index (χ0) is 9.45. The first-order valence-corrected chi connectivity index (χ1v) is 10.7. The Morgan fingerprint density at radius 1 is 1.42 bits per heavy atom. The Labute approximate surface area is 82.5 Å². The summed E-state index contributed by atoms with van der Waals surface area (Å²) in [6.45, 7) is 9.04. The van der Waals surface area contributed by atoms with Gasteiger partial charge in [-0.2, -0.15) is 11.1 Å². The second-order valence-electron chi connectivity index (χ2n) is 2.40. The van der Waals surface area contributed by atoms with Gasteiger partial charge in [-0.15, -0.1) is 6.58 Å². The summed E-state index contributed by atoms with van der Waals surface area (Å²) in [5, 5.41) is 0. The van der Waals surface area contributed by atoms with Crippen LogP contribution in [0.2, 0.25) is 6.04 Å². The van der Waals surface area contributed by atoms with E-state index in [9.17, 15) is 0 Å². The van der Waals surface area contributed by atoms with Gasteiger partial charge in [0.05, 0.1) is 0 Å². The van der Waals surface area contributed by atoms with E-state index in [1.54, 1.807) is 0 Å². The van der Waals surface area contributed by atoms with Crippen molar-refractivity contribution in [2.45, 2.75) is 19.9 Å². The van der Waals surface area contributed by atoms with Crippen LogP contribution in [0.5, 0.6) is 0 Å². The van der Waals surface area contributed by atoms with Crippen LogP contribution in [0.25, 0.3) is 0 Å². The molecule has 0 saturated heterocycles. The lowest BCUT2D eigenvalue weighted by molar-refractivity contribution is 0.205. The van der Waals surface area contributed by atoms with Gasteiger partial charge in [-0.1, -0.05) is 6.08 Å². The van der Waals surface area contributed by atoms with Crippen LogP contribution in [0.4, 0.5) is 0 Å². The van der Waals surface area contributed by atoms with Crippen LogP contribution in [0.3, 0.4) is 0 Å². The number of hydrogen-bond donors (Lipinski definition) is 0. The third kappa shape index (κ3) is 3.86. The van der Waals surface area contributed by atoms with Gasteiger partial charge < -0.3 is 8.85 Å². The van der Waals surface area contributed by atoms with Crippen molar-refractivity contribution in [2.24, 2.45) is 0 Å². The molecule has 0 unspecified atom stereocenters. The Kier molecular flexibility index (Phi) is 7.07. The number of hydrogen-bond acceptors (Lipinski definition) is 2. The topological polar surface area (TPSA) is 18.5 Å². The predicted molar refractivity (Wildman–Crippen MR) is 58.4 cm³/mol. The molecular formula is C7H17ClO2Si2. The zero-order valence-electron chi connectivity index (χ0n) is 7.81. The molecule has 0 atom stereocenters. The minimum atomic E-state index is -1.98. The summed E-state index contributed by atoms with van der Waals surface area (Å²) in [4.78, 5) is 0. The van der Waals surface area contributed by atoms with Crippen LogP contribution in [0.1, 0.15) is 13.8 Å². The molecule has 0 aliphatic carbocycles. The number of allylic oxidation sites excluding steroid dienone is 1. The molecule has 0 rings (SSSR count). The molecular weight excluding hydrogens is 208 g/mol. The second kappa shape index (κ2) is 6.85. The lowest BCUT2D eigenvalue weighted by Crippen LogP contribution is -2.46. The zero-order valence-corrected chi connectivity index (χ0v) is 11.0. The molecule has 0 bridgehead atoms. The summed E-state index contributed by atoms with van der Waals surface area (Å²) in [5.41, 5.74) is 0. The van der Waals surface area contributed by atoms with Crippen LogP contribution in [-0.2, 0) is 8.85 Å². The van der Waals surface area contributed by atoms with Gasteiger partial charge in [0.25, 0.3) is 0 Å². The molecule has 0 radical (unpaired) electrons. The number of rotatable bonds is 7. The molecule has 0 spiro atoms. The van der Waals surface area contributed by atoms with Crippen molar-refractivity contribution in [2.75, 3.05) is 13.2 Å². The highest BCUT2D eigenvalue weighted by Crippen LogP contribution is 2.14. The van der Waals surface area contributed by atoms with Crippen LogP contribution in [-0.4, -0.2) is 29.6 Å². The van der Waals surface area contributed by atoms with E-state index in [1.807, 2.05) is 19.9 Å². The van der Waals surface area contributed by atoms with Crippen LogP contribution >= 0.6 is 11.1 Å². The van der Waals surface area contributed by atoms with E-state index in [4.69, 9.17) is 19.9 Å². The third-order valence-corrected chi connectivity index (χ3v) is 11.4. The maximum Gasteiger partial charge on any atom is 0.331 e. The number of halogens is 1. The fourth-order valence-corrected chi connectivity index (χ4v) is 8.11.